The predicted molar refractivity (Wildman–Crippen MR) is 202 cm³/mol. The van der Waals surface area contributed by atoms with E-state index >= 15 is 0 Å². The Bertz CT molecular complexity index is 1540. The monoisotopic (exact) mass is 755 g/mol. The Morgan fingerprint density at radius 3 is 1.94 bits per heavy atom. The third-order valence-electron chi connectivity index (χ3n) is 11.6. The fourth-order valence-electron chi connectivity index (χ4n) is 9.17. The van der Waals surface area contributed by atoms with Crippen LogP contribution in [-0.2, 0) is 10.2 Å². The van der Waals surface area contributed by atoms with Crippen LogP contribution in [-0.4, -0.2) is 35.5 Å². The predicted octanol–water partition coefficient (Wildman–Crippen LogP) is 12.4. The van der Waals surface area contributed by atoms with Crippen LogP contribution in [0.1, 0.15) is 98.7 Å². The van der Waals surface area contributed by atoms with Crippen molar-refractivity contribution in [2.45, 2.75) is 111 Å². The Labute approximate surface area is 294 Å². The van der Waals surface area contributed by atoms with Gasteiger partial charge in [0.05, 0.1) is 0 Å². The molecule has 0 aromatic heterocycles. The Balaban J connectivity index is 1.45. The topological polar surface area (TPSA) is 38.8 Å². The van der Waals surface area contributed by atoms with E-state index in [1.807, 2.05) is 41.3 Å². The second kappa shape index (κ2) is 15.3. The van der Waals surface area contributed by atoms with Gasteiger partial charge in [-0.05, 0) is 12.1 Å². The van der Waals surface area contributed by atoms with Gasteiger partial charge >= 0.3 is 255 Å². The molecule has 0 saturated heterocycles. The van der Waals surface area contributed by atoms with E-state index in [0.717, 1.165) is 36.3 Å². The summed E-state index contributed by atoms with van der Waals surface area (Å²) in [7, 11) is 0. The van der Waals surface area contributed by atoms with Gasteiger partial charge in [0.2, 0.25) is 0 Å². The molecule has 1 saturated carbocycles. The van der Waals surface area contributed by atoms with E-state index in [0.29, 0.717) is 17.7 Å². The summed E-state index contributed by atoms with van der Waals surface area (Å²) in [5.74, 6) is 2.34. The number of hydrogen-bond donors (Lipinski definition) is 0. The summed E-state index contributed by atoms with van der Waals surface area (Å²) in [6.45, 7) is 21.4. The van der Waals surface area contributed by atoms with Crippen LogP contribution in [0.2, 0.25) is 11.8 Å². The number of rotatable bonds is 10. The van der Waals surface area contributed by atoms with E-state index in [4.69, 9.17) is 9.47 Å². The third-order valence-corrected chi connectivity index (χ3v) is 31.6. The number of benzene rings is 3. The first kappa shape index (κ1) is 36.3. The van der Waals surface area contributed by atoms with Crippen LogP contribution in [0.15, 0.2) is 107 Å². The zero-order valence-electron chi connectivity index (χ0n) is 30.6. The Kier molecular flexibility index (Phi) is 11.5. The molecule has 0 bridgehead atoms. The van der Waals surface area contributed by atoms with Crippen LogP contribution in [0.5, 0.6) is 11.5 Å². The number of carbonyl (C=O) groups excluding carboxylic acids is 1. The van der Waals surface area contributed by atoms with Crippen LogP contribution in [0.3, 0.4) is 0 Å². The number of hydrogen-bond acceptors (Lipinski definition) is 3. The van der Waals surface area contributed by atoms with Gasteiger partial charge in [-0.2, -0.15) is 0 Å². The van der Waals surface area contributed by atoms with Crippen LogP contribution in [0.25, 0.3) is 0 Å². The van der Waals surface area contributed by atoms with Crippen molar-refractivity contribution < 1.29 is 14.3 Å². The Morgan fingerprint density at radius 1 is 0.792 bits per heavy atom. The molecule has 1 aliphatic heterocycles. The minimum absolute atomic E-state index is 0.177. The number of para-hydroxylation sites is 1. The molecule has 5 heteroatoms. The summed E-state index contributed by atoms with van der Waals surface area (Å²) in [4.78, 5) is 16.5. The minimum atomic E-state index is -3.00. The van der Waals surface area contributed by atoms with Crippen molar-refractivity contribution in [3.05, 3.63) is 118 Å². The number of amides is 1. The van der Waals surface area contributed by atoms with Crippen molar-refractivity contribution in [1.82, 2.24) is 4.90 Å². The molecule has 1 amide bonds. The van der Waals surface area contributed by atoms with E-state index in [9.17, 15) is 4.79 Å². The summed E-state index contributed by atoms with van der Waals surface area (Å²) < 4.78 is 16.1. The van der Waals surface area contributed by atoms with Gasteiger partial charge < -0.3 is 4.74 Å². The van der Waals surface area contributed by atoms with Gasteiger partial charge in [-0.1, -0.05) is 18.2 Å². The molecular formula is C43H57NO3Sn. The van der Waals surface area contributed by atoms with E-state index in [-0.39, 0.29) is 29.6 Å². The van der Waals surface area contributed by atoms with Gasteiger partial charge in [-0.3, -0.25) is 0 Å². The maximum absolute atomic E-state index is 14.6. The fourth-order valence-corrected chi connectivity index (χ4v) is 28.4. The first-order chi connectivity index (χ1) is 22.8. The second-order valence-corrected chi connectivity index (χ2v) is 32.6. The van der Waals surface area contributed by atoms with Gasteiger partial charge in [0.15, 0.2) is 0 Å². The molecule has 1 heterocycles. The molecule has 0 radical (unpaired) electrons. The fraction of sp³-hybridized carbons (Fsp3) is 0.465. The molecular weight excluding hydrogens is 697 g/mol. The number of allylic oxidation sites excluding steroid dienone is 2. The summed E-state index contributed by atoms with van der Waals surface area (Å²) in [6.07, 6.45) is 9.47. The summed E-state index contributed by atoms with van der Waals surface area (Å²) >= 11 is -3.00. The van der Waals surface area contributed by atoms with Crippen molar-refractivity contribution in [2.75, 3.05) is 0 Å². The third kappa shape index (κ3) is 7.44. The molecule has 0 N–H and O–H groups in total. The van der Waals surface area contributed by atoms with Gasteiger partial charge in [-0.15, -0.1) is 0 Å². The van der Waals surface area contributed by atoms with Crippen LogP contribution in [0.4, 0.5) is 4.79 Å². The molecule has 48 heavy (non-hydrogen) atoms. The number of ether oxygens (including phenoxy) is 2. The molecule has 3 aromatic rings. The number of carbonyl (C=O) groups is 1. The summed E-state index contributed by atoms with van der Waals surface area (Å²) in [5.41, 5.74) is 2.14. The standard InChI is InChI=1S/C34H36NO3.3C3H7.Sn/c1-25-17-22-30(34(2,3)27-18-20-29(21-19-27)37-28-14-8-5-9-15-28)32(24-25)38-33(36)35-23-11-10-16-31(35)26-12-6-4-7-13-26;3*1-3-2;/h4-10,12-16,18-21,23,25,30-32H,17,22,24H2,1-3H3;3*3H,1-2H3;/t25-,30-,31+,32-;;;;/m1..../s1. The van der Waals surface area contributed by atoms with Gasteiger partial charge in [0.1, 0.15) is 5.75 Å². The maximum atomic E-state index is 14.6. The molecule has 4 atom stereocenters. The molecule has 3 aromatic carbocycles. The van der Waals surface area contributed by atoms with Crippen molar-refractivity contribution in [2.24, 2.45) is 11.8 Å². The molecule has 0 unspecified atom stereocenters. The van der Waals surface area contributed by atoms with E-state index < -0.39 is 18.4 Å². The van der Waals surface area contributed by atoms with E-state index in [1.54, 1.807) is 0 Å². The summed E-state index contributed by atoms with van der Waals surface area (Å²) in [6, 6.07) is 28.6. The SMILES string of the molecule is C[CH](C)[Sn]([C]1=CN(C(=O)O[C@@H]2C[C@H](C)CC[C@H]2C(C)(C)c2ccc(Oc3ccccc3)cc2)[C@H](c2ccccc2)C=C1)([CH](C)C)[CH](C)C. The molecule has 1 fully saturated rings. The van der Waals surface area contributed by atoms with E-state index in [1.165, 1.54) is 9.15 Å². The van der Waals surface area contributed by atoms with E-state index in [2.05, 4.69) is 129 Å². The zero-order chi connectivity index (χ0) is 34.6. The molecule has 2 aliphatic rings. The Morgan fingerprint density at radius 2 is 1.35 bits per heavy atom. The average Bonchev–Trinajstić information content (AvgIpc) is 3.05. The van der Waals surface area contributed by atoms with Crippen LogP contribution < -0.4 is 4.74 Å². The van der Waals surface area contributed by atoms with Crippen LogP contribution >= 0.6 is 0 Å². The molecule has 5 rings (SSSR count). The van der Waals surface area contributed by atoms with Crippen molar-refractivity contribution in [1.29, 1.82) is 0 Å². The zero-order valence-corrected chi connectivity index (χ0v) is 33.5. The van der Waals surface area contributed by atoms with Crippen molar-refractivity contribution in [3.8, 4) is 11.5 Å². The molecule has 0 spiro atoms. The normalized spacial score (nSPS) is 21.8. The average molecular weight is 755 g/mol. The first-order valence-electron chi connectivity index (χ1n) is 18.1. The quantitative estimate of drug-likeness (QED) is 0.194. The van der Waals surface area contributed by atoms with Gasteiger partial charge in [0, 0.05) is 0 Å². The van der Waals surface area contributed by atoms with Crippen molar-refractivity contribution >= 4 is 24.5 Å². The van der Waals surface area contributed by atoms with Gasteiger partial charge in [0.25, 0.3) is 0 Å². The molecule has 256 valence electrons. The van der Waals surface area contributed by atoms with Gasteiger partial charge in [-0.25, -0.2) is 0 Å². The molecule has 1 aliphatic carbocycles. The molecule has 4 nitrogen and oxygen atoms in total. The summed E-state index contributed by atoms with van der Waals surface area (Å²) in [5, 5.41) is 0. The Hall–Kier alpha value is -2.99. The second-order valence-electron chi connectivity index (χ2n) is 15.7. The van der Waals surface area contributed by atoms with Crippen molar-refractivity contribution in [3.63, 3.8) is 0 Å². The van der Waals surface area contributed by atoms with Crippen LogP contribution in [0, 0.1) is 11.8 Å². The first-order valence-corrected chi connectivity index (χ1v) is 24.5. The number of nitrogens with zero attached hydrogens (tertiary/aromatic N) is 1.